The molecular weight excluding hydrogens is 371 g/mol. The van der Waals surface area contributed by atoms with E-state index in [1.54, 1.807) is 29.9 Å². The normalized spacial score (nSPS) is 17.9. The third-order valence-corrected chi connectivity index (χ3v) is 5.15. The Morgan fingerprint density at radius 1 is 1.38 bits per heavy atom. The number of aromatic nitrogens is 5. The zero-order valence-corrected chi connectivity index (χ0v) is 16.6. The van der Waals surface area contributed by atoms with Crippen molar-refractivity contribution >= 4 is 17.5 Å². The first kappa shape index (κ1) is 19.0. The minimum absolute atomic E-state index is 0.212. The maximum atomic E-state index is 14.2. The number of pyridine rings is 1. The Hall–Kier alpha value is -3.36. The third kappa shape index (κ3) is 3.55. The van der Waals surface area contributed by atoms with Gasteiger partial charge in [-0.2, -0.15) is 10.5 Å². The van der Waals surface area contributed by atoms with Crippen molar-refractivity contribution in [2.45, 2.75) is 32.1 Å². The maximum absolute atomic E-state index is 14.2. The number of rotatable bonds is 5. The summed E-state index contributed by atoms with van der Waals surface area (Å²) in [5, 5.41) is 19.8. The van der Waals surface area contributed by atoms with E-state index in [1.165, 1.54) is 4.68 Å². The van der Waals surface area contributed by atoms with E-state index >= 15 is 0 Å². The Kier molecular flexibility index (Phi) is 4.73. The highest BCUT2D eigenvalue weighted by atomic mass is 19.1. The SMILES string of the molecule is CCNc1ncc(C2CC2c2cc(-c3ccc(N)[n+](C(C)=N)n3)n(C)n2)cc1F. The summed E-state index contributed by atoms with van der Waals surface area (Å²) in [5.74, 6) is 1.05. The quantitative estimate of drug-likeness (QED) is 0.349. The number of nitrogens with zero attached hydrogens (tertiary/aromatic N) is 5. The number of nitrogens with two attached hydrogens (primary N) is 1. The summed E-state index contributed by atoms with van der Waals surface area (Å²) < 4.78 is 17.4. The van der Waals surface area contributed by atoms with E-state index < -0.39 is 0 Å². The topological polar surface area (TPSA) is 109 Å². The summed E-state index contributed by atoms with van der Waals surface area (Å²) in [6.07, 6.45) is 2.65. The van der Waals surface area contributed by atoms with Crippen LogP contribution >= 0.6 is 0 Å². The lowest BCUT2D eigenvalue weighted by Crippen LogP contribution is -2.47. The van der Waals surface area contributed by atoms with Crippen LogP contribution in [0.25, 0.3) is 11.4 Å². The molecule has 0 radical (unpaired) electrons. The average Bonchev–Trinajstić information content (AvgIpc) is 3.39. The average molecular weight is 395 g/mol. The van der Waals surface area contributed by atoms with Gasteiger partial charge in [0.25, 0.3) is 5.84 Å². The van der Waals surface area contributed by atoms with Gasteiger partial charge in [0.15, 0.2) is 11.6 Å². The third-order valence-electron chi connectivity index (χ3n) is 5.15. The second-order valence-corrected chi connectivity index (χ2v) is 7.30. The molecule has 0 amide bonds. The second-order valence-electron chi connectivity index (χ2n) is 7.30. The molecule has 0 aliphatic heterocycles. The van der Waals surface area contributed by atoms with Crippen LogP contribution in [0.3, 0.4) is 0 Å². The van der Waals surface area contributed by atoms with Crippen LogP contribution in [0.15, 0.2) is 30.5 Å². The molecule has 0 aromatic carbocycles. The number of hydrogen-bond donors (Lipinski definition) is 3. The number of nitrogens with one attached hydrogen (secondary N) is 2. The maximum Gasteiger partial charge on any atom is 0.251 e. The van der Waals surface area contributed by atoms with Crippen LogP contribution in [0.5, 0.6) is 0 Å². The number of hydrogen-bond acceptors (Lipinski definition) is 6. The van der Waals surface area contributed by atoms with Gasteiger partial charge in [-0.05, 0) is 43.0 Å². The molecule has 3 heterocycles. The zero-order valence-electron chi connectivity index (χ0n) is 16.6. The molecular formula is C20H24FN8+. The van der Waals surface area contributed by atoms with Crippen molar-refractivity contribution in [1.82, 2.24) is 19.9 Å². The molecule has 1 fully saturated rings. The van der Waals surface area contributed by atoms with Crippen molar-refractivity contribution in [2.24, 2.45) is 7.05 Å². The Morgan fingerprint density at radius 2 is 2.17 bits per heavy atom. The van der Waals surface area contributed by atoms with Crippen LogP contribution < -0.4 is 15.7 Å². The predicted molar refractivity (Wildman–Crippen MR) is 108 cm³/mol. The molecule has 8 nitrogen and oxygen atoms in total. The first-order valence-corrected chi connectivity index (χ1v) is 9.57. The van der Waals surface area contributed by atoms with E-state index in [-0.39, 0.29) is 29.3 Å². The minimum Gasteiger partial charge on any atom is -0.368 e. The lowest BCUT2D eigenvalue weighted by molar-refractivity contribution is -0.607. The number of anilines is 2. The highest BCUT2D eigenvalue weighted by Crippen LogP contribution is 2.54. The van der Waals surface area contributed by atoms with E-state index in [0.29, 0.717) is 18.1 Å². The number of halogens is 1. The molecule has 9 heteroatoms. The molecule has 0 spiro atoms. The fourth-order valence-electron chi connectivity index (χ4n) is 3.59. The van der Waals surface area contributed by atoms with Crippen molar-refractivity contribution in [2.75, 3.05) is 17.6 Å². The molecule has 0 saturated heterocycles. The first-order valence-electron chi connectivity index (χ1n) is 9.57. The lowest BCUT2D eigenvalue weighted by atomic mass is 10.1. The Morgan fingerprint density at radius 3 is 2.86 bits per heavy atom. The second kappa shape index (κ2) is 7.23. The Balaban J connectivity index is 1.58. The van der Waals surface area contributed by atoms with Crippen molar-refractivity contribution < 1.29 is 9.07 Å². The van der Waals surface area contributed by atoms with E-state index in [4.69, 9.17) is 11.1 Å². The van der Waals surface area contributed by atoms with Crippen LogP contribution in [0.4, 0.5) is 16.0 Å². The van der Waals surface area contributed by atoms with Crippen LogP contribution in [0.1, 0.15) is 43.4 Å². The molecule has 3 aromatic heterocycles. The van der Waals surface area contributed by atoms with Gasteiger partial charge in [0.05, 0.1) is 11.4 Å². The lowest BCUT2D eigenvalue weighted by Gasteiger charge is -2.05. The molecule has 1 saturated carbocycles. The molecule has 29 heavy (non-hydrogen) atoms. The number of nitrogen functional groups attached to an aromatic ring is 1. The molecule has 4 N–H and O–H groups in total. The van der Waals surface area contributed by atoms with Gasteiger partial charge in [0.2, 0.25) is 5.82 Å². The summed E-state index contributed by atoms with van der Waals surface area (Å²) >= 11 is 0. The van der Waals surface area contributed by atoms with E-state index in [9.17, 15) is 4.39 Å². The largest absolute Gasteiger partial charge is 0.368 e. The summed E-state index contributed by atoms with van der Waals surface area (Å²) in [7, 11) is 1.86. The van der Waals surface area contributed by atoms with Crippen molar-refractivity contribution in [3.05, 3.63) is 47.5 Å². The smallest absolute Gasteiger partial charge is 0.251 e. The standard InChI is InChI=1S/C20H23FN8/c1-4-24-20-15(21)7-12(10-25-20)13-8-14(13)17-9-18(28(3)26-17)16-5-6-19(23)29(27-16)11(2)22/h5-7,9-10,13-14,22-23H,4,8H2,1-3H3,(H,24,25)/p+1. The van der Waals surface area contributed by atoms with Gasteiger partial charge in [0.1, 0.15) is 5.69 Å². The van der Waals surface area contributed by atoms with Crippen molar-refractivity contribution in [3.8, 4) is 11.4 Å². The fraction of sp³-hybridized carbons (Fsp3) is 0.350. The summed E-state index contributed by atoms with van der Waals surface area (Å²) in [5.41, 5.74) is 9.26. The van der Waals surface area contributed by atoms with Gasteiger partial charge >= 0.3 is 0 Å². The van der Waals surface area contributed by atoms with Crippen LogP contribution in [-0.4, -0.2) is 32.2 Å². The number of aryl methyl sites for hydroxylation is 1. The van der Waals surface area contributed by atoms with Gasteiger partial charge in [0, 0.05) is 38.7 Å². The summed E-state index contributed by atoms with van der Waals surface area (Å²) in [6, 6.07) is 7.12. The van der Waals surface area contributed by atoms with Gasteiger partial charge in [-0.25, -0.2) is 9.37 Å². The fourth-order valence-corrected chi connectivity index (χ4v) is 3.59. The molecule has 2 unspecified atom stereocenters. The molecule has 1 aliphatic carbocycles. The van der Waals surface area contributed by atoms with Crippen molar-refractivity contribution in [1.29, 1.82) is 5.41 Å². The molecule has 150 valence electrons. The Labute approximate surface area is 168 Å². The van der Waals surface area contributed by atoms with E-state index in [1.807, 2.05) is 26.1 Å². The van der Waals surface area contributed by atoms with Crippen molar-refractivity contribution in [3.63, 3.8) is 0 Å². The molecule has 4 rings (SSSR count). The molecule has 3 aromatic rings. The van der Waals surface area contributed by atoms with Gasteiger partial charge in [-0.3, -0.25) is 4.68 Å². The van der Waals surface area contributed by atoms with Crippen LogP contribution in [-0.2, 0) is 7.05 Å². The summed E-state index contributed by atoms with van der Waals surface area (Å²) in [6.45, 7) is 4.17. The predicted octanol–water partition coefficient (Wildman–Crippen LogP) is 2.43. The van der Waals surface area contributed by atoms with E-state index in [2.05, 4.69) is 20.5 Å². The summed E-state index contributed by atoms with van der Waals surface area (Å²) in [4.78, 5) is 4.21. The van der Waals surface area contributed by atoms with Gasteiger partial charge < -0.3 is 11.1 Å². The molecule has 0 bridgehead atoms. The van der Waals surface area contributed by atoms with Gasteiger partial charge in [-0.15, -0.1) is 9.78 Å². The van der Waals surface area contributed by atoms with Crippen LogP contribution in [0, 0.1) is 11.2 Å². The Bertz CT molecular complexity index is 1090. The zero-order chi connectivity index (χ0) is 20.7. The highest BCUT2D eigenvalue weighted by Gasteiger charge is 2.42. The molecule has 1 aliphatic rings. The first-order chi connectivity index (χ1) is 13.9. The highest BCUT2D eigenvalue weighted by molar-refractivity contribution is 5.68. The van der Waals surface area contributed by atoms with E-state index in [0.717, 1.165) is 23.4 Å². The molecule has 2 atom stereocenters. The monoisotopic (exact) mass is 395 g/mol. The van der Waals surface area contributed by atoms with Gasteiger partial charge in [-0.1, -0.05) is 0 Å². The van der Waals surface area contributed by atoms with Crippen LogP contribution in [0.2, 0.25) is 0 Å². The minimum atomic E-state index is -0.325.